The summed E-state index contributed by atoms with van der Waals surface area (Å²) in [7, 11) is -2.31. The second kappa shape index (κ2) is 15.0. The third-order valence-electron chi connectivity index (χ3n) is 9.38. The largest absolute Gasteiger partial charge is 0.444 e. The second-order valence-corrected chi connectivity index (χ2v) is 16.8. The Morgan fingerprint density at radius 2 is 1.78 bits per heavy atom. The van der Waals surface area contributed by atoms with Crippen LogP contribution in [0.4, 0.5) is 9.59 Å². The molecule has 50 heavy (non-hydrogen) atoms. The number of hydrogen-bond acceptors (Lipinski definition) is 9. The van der Waals surface area contributed by atoms with Crippen LogP contribution in [-0.2, 0) is 40.4 Å². The molecule has 5 rings (SSSR count). The Hall–Kier alpha value is -4.14. The summed E-state index contributed by atoms with van der Waals surface area (Å²) in [6.07, 6.45) is 5.58. The molecule has 3 fully saturated rings. The van der Waals surface area contributed by atoms with Gasteiger partial charge in [0.1, 0.15) is 29.3 Å². The summed E-state index contributed by atoms with van der Waals surface area (Å²) in [5, 5.41) is 4.85. The van der Waals surface area contributed by atoms with Gasteiger partial charge in [0.05, 0.1) is 11.8 Å². The highest BCUT2D eigenvalue weighted by molar-refractivity contribution is 7.91. The van der Waals surface area contributed by atoms with Crippen molar-refractivity contribution in [2.75, 3.05) is 13.6 Å². The number of ether oxygens (including phenoxy) is 2. The number of sulfonamides is 1. The summed E-state index contributed by atoms with van der Waals surface area (Å²) >= 11 is 0. The number of rotatable bonds is 7. The van der Waals surface area contributed by atoms with Crippen molar-refractivity contribution in [1.82, 2.24) is 25.2 Å². The van der Waals surface area contributed by atoms with E-state index in [2.05, 4.69) is 15.4 Å². The van der Waals surface area contributed by atoms with Crippen molar-refractivity contribution in [2.45, 2.75) is 120 Å². The lowest BCUT2D eigenvalue weighted by Gasteiger charge is -2.30. The standard InChI is InChI=1S/C35H49N5O9S/c1-34(2,3)49-32(44)36-27-16-12-7-5-6-11-15-24-20-35(24,31(43)38-50(46,47)26-17-18-26)37-29(41)28-19-25(22-40(28)30(27)42)48-33(45)39(4)21-23-13-9-8-10-14-23/h8-11,13-15,24-28H,5-7,12,16-22H2,1-4H3,(H,36,44)(H,37,41)(H,38,43)/b15-11-/t24-,25+,27-,28-,35+/m0/s1. The number of allylic oxidation sites excluding steroid dienone is 1. The van der Waals surface area contributed by atoms with Gasteiger partial charge < -0.3 is 29.9 Å². The maximum atomic E-state index is 14.2. The van der Waals surface area contributed by atoms with Gasteiger partial charge >= 0.3 is 12.2 Å². The van der Waals surface area contributed by atoms with E-state index in [-0.39, 0.29) is 32.4 Å². The Kier molecular flexibility index (Phi) is 11.1. The molecule has 0 unspecified atom stereocenters. The van der Waals surface area contributed by atoms with Crippen molar-refractivity contribution in [2.24, 2.45) is 5.92 Å². The van der Waals surface area contributed by atoms with Crippen LogP contribution in [0.1, 0.15) is 84.1 Å². The molecule has 0 bridgehead atoms. The fourth-order valence-electron chi connectivity index (χ4n) is 6.45. The van der Waals surface area contributed by atoms with Gasteiger partial charge in [0, 0.05) is 25.9 Å². The van der Waals surface area contributed by atoms with E-state index in [9.17, 15) is 32.4 Å². The first kappa shape index (κ1) is 37.1. The average Bonchev–Trinajstić information content (AvgIpc) is 3.96. The molecule has 0 aromatic heterocycles. The smallest absolute Gasteiger partial charge is 0.410 e. The van der Waals surface area contributed by atoms with Gasteiger partial charge in [-0.25, -0.2) is 18.0 Å². The number of carbonyl (C=O) groups is 5. The zero-order chi connectivity index (χ0) is 36.3. The molecule has 0 spiro atoms. The molecular formula is C35H49N5O9S. The Balaban J connectivity index is 1.40. The number of nitrogens with zero attached hydrogens (tertiary/aromatic N) is 2. The quantitative estimate of drug-likeness (QED) is 0.358. The highest BCUT2D eigenvalue weighted by Crippen LogP contribution is 2.46. The molecule has 3 N–H and O–H groups in total. The molecular weight excluding hydrogens is 666 g/mol. The predicted octanol–water partition coefficient (Wildman–Crippen LogP) is 3.12. The van der Waals surface area contributed by atoms with E-state index in [1.165, 1.54) is 9.80 Å². The van der Waals surface area contributed by atoms with Crippen molar-refractivity contribution in [3.8, 4) is 0 Å². The van der Waals surface area contributed by atoms with Gasteiger partial charge in [-0.05, 0) is 64.9 Å². The fraction of sp³-hybridized carbons (Fsp3) is 0.629. The Labute approximate surface area is 293 Å². The third kappa shape index (κ3) is 9.34. The van der Waals surface area contributed by atoms with Gasteiger partial charge in [0.25, 0.3) is 5.91 Å². The molecule has 5 amide bonds. The van der Waals surface area contributed by atoms with Crippen LogP contribution in [0.15, 0.2) is 42.5 Å². The fourth-order valence-corrected chi connectivity index (χ4v) is 7.82. The van der Waals surface area contributed by atoms with Crippen molar-refractivity contribution >= 4 is 39.9 Å². The lowest BCUT2D eigenvalue weighted by Crippen LogP contribution is -2.58. The number of alkyl carbamates (subject to hydrolysis) is 1. The molecule has 2 heterocycles. The summed E-state index contributed by atoms with van der Waals surface area (Å²) < 4.78 is 38.9. The summed E-state index contributed by atoms with van der Waals surface area (Å²) in [5.74, 6) is -2.50. The maximum Gasteiger partial charge on any atom is 0.410 e. The molecule has 2 aliphatic carbocycles. The molecule has 14 nitrogen and oxygen atoms in total. The van der Waals surface area contributed by atoms with Gasteiger partial charge in [-0.3, -0.25) is 19.1 Å². The highest BCUT2D eigenvalue weighted by atomic mass is 32.2. The van der Waals surface area contributed by atoms with Crippen LogP contribution in [-0.4, -0.2) is 96.3 Å². The number of amides is 5. The van der Waals surface area contributed by atoms with Crippen LogP contribution in [0.5, 0.6) is 0 Å². The second-order valence-electron chi connectivity index (χ2n) is 14.8. The Morgan fingerprint density at radius 1 is 1.06 bits per heavy atom. The van der Waals surface area contributed by atoms with E-state index >= 15 is 0 Å². The average molecular weight is 716 g/mol. The zero-order valence-corrected chi connectivity index (χ0v) is 30.0. The molecule has 5 atom stereocenters. The minimum atomic E-state index is -3.90. The van der Waals surface area contributed by atoms with Crippen LogP contribution in [0, 0.1) is 5.92 Å². The van der Waals surface area contributed by atoms with Gasteiger partial charge in [-0.2, -0.15) is 0 Å². The molecule has 1 saturated heterocycles. The molecule has 1 aromatic carbocycles. The Morgan fingerprint density at radius 3 is 2.46 bits per heavy atom. The van der Waals surface area contributed by atoms with Crippen LogP contribution < -0.4 is 15.4 Å². The lowest BCUT2D eigenvalue weighted by atomic mass is 10.0. The predicted molar refractivity (Wildman–Crippen MR) is 183 cm³/mol. The van der Waals surface area contributed by atoms with E-state index in [1.54, 1.807) is 27.8 Å². The van der Waals surface area contributed by atoms with Crippen molar-refractivity contribution < 1.29 is 41.9 Å². The van der Waals surface area contributed by atoms with E-state index in [0.717, 1.165) is 18.4 Å². The van der Waals surface area contributed by atoms with Crippen molar-refractivity contribution in [3.63, 3.8) is 0 Å². The van der Waals surface area contributed by atoms with Crippen LogP contribution in [0.3, 0.4) is 0 Å². The SMILES string of the molecule is CN(Cc1ccccc1)C(=O)O[C@@H]1C[C@H]2C(=O)N[C@]3(C(=O)NS(=O)(=O)C4CC4)C[C@@H]3/C=C\CCCCC[C@H](NC(=O)OC(C)(C)C)C(=O)N2C1. The van der Waals surface area contributed by atoms with Crippen LogP contribution >= 0.6 is 0 Å². The molecule has 15 heteroatoms. The van der Waals surface area contributed by atoms with Crippen molar-refractivity contribution in [1.29, 1.82) is 0 Å². The summed E-state index contributed by atoms with van der Waals surface area (Å²) in [4.78, 5) is 70.6. The van der Waals surface area contributed by atoms with Gasteiger partial charge in [0.15, 0.2) is 0 Å². The molecule has 2 aliphatic heterocycles. The normalized spacial score (nSPS) is 28.0. The molecule has 274 valence electrons. The van der Waals surface area contributed by atoms with E-state index in [0.29, 0.717) is 25.7 Å². The van der Waals surface area contributed by atoms with Crippen molar-refractivity contribution in [3.05, 3.63) is 48.0 Å². The molecule has 0 radical (unpaired) electrons. The molecule has 1 aromatic rings. The third-order valence-corrected chi connectivity index (χ3v) is 11.2. The number of benzene rings is 1. The lowest BCUT2D eigenvalue weighted by molar-refractivity contribution is -0.141. The van der Waals surface area contributed by atoms with E-state index in [4.69, 9.17) is 9.47 Å². The number of nitrogens with one attached hydrogen (secondary N) is 3. The highest BCUT2D eigenvalue weighted by Gasteiger charge is 2.62. The van der Waals surface area contributed by atoms with Gasteiger partial charge in [0.2, 0.25) is 21.8 Å². The first-order chi connectivity index (χ1) is 23.6. The molecule has 4 aliphatic rings. The maximum absolute atomic E-state index is 14.2. The summed E-state index contributed by atoms with van der Waals surface area (Å²) in [6, 6.07) is 7.12. The Bertz CT molecular complexity index is 1590. The summed E-state index contributed by atoms with van der Waals surface area (Å²) in [5.41, 5.74) is -1.45. The first-order valence-electron chi connectivity index (χ1n) is 17.4. The minimum absolute atomic E-state index is 0.0692. The monoisotopic (exact) mass is 715 g/mol. The molecule has 2 saturated carbocycles. The summed E-state index contributed by atoms with van der Waals surface area (Å²) in [6.45, 7) is 5.27. The number of carbonyl (C=O) groups excluding carboxylic acids is 5. The van der Waals surface area contributed by atoms with E-state index < -0.39 is 80.4 Å². The van der Waals surface area contributed by atoms with Gasteiger partial charge in [-0.1, -0.05) is 55.3 Å². The first-order valence-corrected chi connectivity index (χ1v) is 18.9. The van der Waals surface area contributed by atoms with Gasteiger partial charge in [-0.15, -0.1) is 0 Å². The number of fused-ring (bicyclic) bond motifs is 2. The van der Waals surface area contributed by atoms with E-state index in [1.807, 2.05) is 42.5 Å². The van der Waals surface area contributed by atoms with Crippen LogP contribution in [0.2, 0.25) is 0 Å². The number of hydrogen-bond donors (Lipinski definition) is 3. The topological polar surface area (TPSA) is 181 Å². The van der Waals surface area contributed by atoms with Crippen LogP contribution in [0.25, 0.3) is 0 Å². The zero-order valence-electron chi connectivity index (χ0n) is 29.2. The minimum Gasteiger partial charge on any atom is -0.444 e.